The van der Waals surface area contributed by atoms with Crippen LogP contribution in [0.1, 0.15) is 48.9 Å². The Bertz CT molecular complexity index is 863. The van der Waals surface area contributed by atoms with E-state index in [-0.39, 0.29) is 18.4 Å². The number of nitrogens with zero attached hydrogens (tertiary/aromatic N) is 1. The third kappa shape index (κ3) is 6.61. The van der Waals surface area contributed by atoms with E-state index in [1.165, 1.54) is 5.56 Å². The molecule has 1 atom stereocenters. The fraction of sp³-hybridized carbons (Fsp3) is 0.440. The SMILES string of the molecule is CCCCNC(=O)[C@@H](C)N(Cc1ccccc1C)C(=O)COc1ccc(C)c(C)c1. The molecule has 2 aromatic rings. The van der Waals surface area contributed by atoms with Gasteiger partial charge in [0.2, 0.25) is 5.91 Å². The van der Waals surface area contributed by atoms with Gasteiger partial charge in [0, 0.05) is 13.1 Å². The Hall–Kier alpha value is -2.82. The maximum atomic E-state index is 13.1. The molecule has 0 saturated carbocycles. The van der Waals surface area contributed by atoms with Crippen molar-refractivity contribution in [3.8, 4) is 5.75 Å². The third-order valence-electron chi connectivity index (χ3n) is 5.44. The quantitative estimate of drug-likeness (QED) is 0.593. The summed E-state index contributed by atoms with van der Waals surface area (Å²) in [5, 5.41) is 2.93. The molecule has 0 bridgehead atoms. The Morgan fingerprint density at radius 2 is 1.77 bits per heavy atom. The number of carbonyl (C=O) groups is 2. The molecule has 0 saturated heterocycles. The van der Waals surface area contributed by atoms with Gasteiger partial charge in [0.15, 0.2) is 6.61 Å². The summed E-state index contributed by atoms with van der Waals surface area (Å²) in [6, 6.07) is 13.1. The Kier molecular flexibility index (Phi) is 8.90. The van der Waals surface area contributed by atoms with Crippen LogP contribution >= 0.6 is 0 Å². The van der Waals surface area contributed by atoms with Crippen LogP contribution in [0.2, 0.25) is 0 Å². The molecule has 0 aliphatic rings. The number of amides is 2. The predicted octanol–water partition coefficient (Wildman–Crippen LogP) is 4.32. The topological polar surface area (TPSA) is 58.6 Å². The molecule has 0 heterocycles. The third-order valence-corrected chi connectivity index (χ3v) is 5.44. The van der Waals surface area contributed by atoms with Gasteiger partial charge in [-0.25, -0.2) is 0 Å². The lowest BCUT2D eigenvalue weighted by molar-refractivity contribution is -0.142. The number of benzene rings is 2. The number of nitrogens with one attached hydrogen (secondary N) is 1. The van der Waals surface area contributed by atoms with Crippen molar-refractivity contribution in [2.75, 3.05) is 13.2 Å². The molecule has 0 aliphatic carbocycles. The van der Waals surface area contributed by atoms with Crippen LogP contribution < -0.4 is 10.1 Å². The van der Waals surface area contributed by atoms with Gasteiger partial charge in [-0.1, -0.05) is 43.7 Å². The highest BCUT2D eigenvalue weighted by molar-refractivity contribution is 5.88. The Labute approximate surface area is 180 Å². The summed E-state index contributed by atoms with van der Waals surface area (Å²) >= 11 is 0. The molecule has 0 aromatic heterocycles. The molecule has 0 radical (unpaired) electrons. The molecule has 0 fully saturated rings. The van der Waals surface area contributed by atoms with Crippen molar-refractivity contribution in [1.82, 2.24) is 10.2 Å². The predicted molar refractivity (Wildman–Crippen MR) is 121 cm³/mol. The summed E-state index contributed by atoms with van der Waals surface area (Å²) in [5.41, 5.74) is 4.39. The Balaban J connectivity index is 2.14. The normalized spacial score (nSPS) is 11.6. The first kappa shape index (κ1) is 23.5. The summed E-state index contributed by atoms with van der Waals surface area (Å²) in [4.78, 5) is 27.3. The van der Waals surface area contributed by atoms with E-state index < -0.39 is 6.04 Å². The van der Waals surface area contributed by atoms with Gasteiger partial charge in [-0.05, 0) is 68.5 Å². The fourth-order valence-corrected chi connectivity index (χ4v) is 3.12. The summed E-state index contributed by atoms with van der Waals surface area (Å²) < 4.78 is 5.76. The van der Waals surface area contributed by atoms with Crippen molar-refractivity contribution < 1.29 is 14.3 Å². The second-order valence-electron chi connectivity index (χ2n) is 7.80. The molecule has 2 rings (SSSR count). The van der Waals surface area contributed by atoms with Gasteiger partial charge in [0.25, 0.3) is 5.91 Å². The standard InChI is InChI=1S/C25H34N2O3/c1-6-7-14-26-25(29)21(5)27(16-22-11-9-8-10-19(22)3)24(28)17-30-23-13-12-18(2)20(4)15-23/h8-13,15,21H,6-7,14,16-17H2,1-5H3,(H,26,29)/t21-/m1/s1. The van der Waals surface area contributed by atoms with Crippen LogP contribution in [0, 0.1) is 20.8 Å². The Morgan fingerprint density at radius 1 is 1.03 bits per heavy atom. The van der Waals surface area contributed by atoms with Gasteiger partial charge < -0.3 is 15.0 Å². The average molecular weight is 411 g/mol. The van der Waals surface area contributed by atoms with Gasteiger partial charge in [0.05, 0.1) is 0 Å². The molecule has 30 heavy (non-hydrogen) atoms. The van der Waals surface area contributed by atoms with E-state index >= 15 is 0 Å². The van der Waals surface area contributed by atoms with Crippen molar-refractivity contribution in [3.63, 3.8) is 0 Å². The van der Waals surface area contributed by atoms with E-state index in [9.17, 15) is 9.59 Å². The summed E-state index contributed by atoms with van der Waals surface area (Å²) in [7, 11) is 0. The smallest absolute Gasteiger partial charge is 0.261 e. The van der Waals surface area contributed by atoms with Crippen LogP contribution in [0.4, 0.5) is 0 Å². The molecule has 5 nitrogen and oxygen atoms in total. The molecule has 1 N–H and O–H groups in total. The first-order chi connectivity index (χ1) is 14.3. The molecular weight excluding hydrogens is 376 g/mol. The second kappa shape index (κ2) is 11.4. The van der Waals surface area contributed by atoms with E-state index in [2.05, 4.69) is 12.2 Å². The monoisotopic (exact) mass is 410 g/mol. The molecule has 2 amide bonds. The van der Waals surface area contributed by atoms with Crippen LogP contribution in [0.15, 0.2) is 42.5 Å². The fourth-order valence-electron chi connectivity index (χ4n) is 3.12. The number of ether oxygens (including phenoxy) is 1. The lowest BCUT2D eigenvalue weighted by atomic mass is 10.1. The molecule has 0 spiro atoms. The zero-order valence-electron chi connectivity index (χ0n) is 18.8. The van der Waals surface area contributed by atoms with Crippen LogP contribution in [0.25, 0.3) is 0 Å². The second-order valence-corrected chi connectivity index (χ2v) is 7.80. The lowest BCUT2D eigenvalue weighted by Crippen LogP contribution is -2.49. The average Bonchev–Trinajstić information content (AvgIpc) is 2.73. The molecular formula is C25H34N2O3. The zero-order valence-corrected chi connectivity index (χ0v) is 18.8. The molecule has 162 valence electrons. The van der Waals surface area contributed by atoms with E-state index in [1.807, 2.05) is 63.2 Å². The van der Waals surface area contributed by atoms with Gasteiger partial charge in [-0.3, -0.25) is 9.59 Å². The van der Waals surface area contributed by atoms with Gasteiger partial charge >= 0.3 is 0 Å². The minimum absolute atomic E-state index is 0.110. The highest BCUT2D eigenvalue weighted by Crippen LogP contribution is 2.18. The number of rotatable bonds is 10. The van der Waals surface area contributed by atoms with Crippen LogP contribution in [-0.4, -0.2) is 35.9 Å². The van der Waals surface area contributed by atoms with E-state index in [1.54, 1.807) is 11.8 Å². The van der Waals surface area contributed by atoms with E-state index in [0.717, 1.165) is 29.5 Å². The van der Waals surface area contributed by atoms with E-state index in [4.69, 9.17) is 4.74 Å². The van der Waals surface area contributed by atoms with Gasteiger partial charge in [-0.2, -0.15) is 0 Å². The largest absolute Gasteiger partial charge is 0.484 e. The van der Waals surface area contributed by atoms with Crippen molar-refractivity contribution in [2.45, 2.75) is 60.0 Å². The minimum atomic E-state index is -0.586. The number of aryl methyl sites for hydroxylation is 3. The van der Waals surface area contributed by atoms with Gasteiger partial charge in [0.1, 0.15) is 11.8 Å². The number of hydrogen-bond acceptors (Lipinski definition) is 3. The van der Waals surface area contributed by atoms with Crippen molar-refractivity contribution in [2.24, 2.45) is 0 Å². The van der Waals surface area contributed by atoms with Crippen LogP contribution in [0.3, 0.4) is 0 Å². The molecule has 5 heteroatoms. The van der Waals surface area contributed by atoms with Gasteiger partial charge in [-0.15, -0.1) is 0 Å². The first-order valence-electron chi connectivity index (χ1n) is 10.6. The van der Waals surface area contributed by atoms with Crippen LogP contribution in [-0.2, 0) is 16.1 Å². The highest BCUT2D eigenvalue weighted by Gasteiger charge is 2.26. The summed E-state index contributed by atoms with van der Waals surface area (Å²) in [6.45, 7) is 10.8. The Morgan fingerprint density at radius 3 is 2.43 bits per heavy atom. The maximum Gasteiger partial charge on any atom is 0.261 e. The van der Waals surface area contributed by atoms with Crippen molar-refractivity contribution in [3.05, 3.63) is 64.7 Å². The molecule has 0 unspecified atom stereocenters. The summed E-state index contributed by atoms with van der Waals surface area (Å²) in [5.74, 6) is 0.300. The van der Waals surface area contributed by atoms with E-state index in [0.29, 0.717) is 18.8 Å². The first-order valence-corrected chi connectivity index (χ1v) is 10.6. The molecule has 0 aliphatic heterocycles. The summed E-state index contributed by atoms with van der Waals surface area (Å²) in [6.07, 6.45) is 1.92. The minimum Gasteiger partial charge on any atom is -0.484 e. The highest BCUT2D eigenvalue weighted by atomic mass is 16.5. The number of hydrogen-bond donors (Lipinski definition) is 1. The van der Waals surface area contributed by atoms with Crippen molar-refractivity contribution >= 4 is 11.8 Å². The zero-order chi connectivity index (χ0) is 22.1. The maximum absolute atomic E-state index is 13.1. The van der Waals surface area contributed by atoms with Crippen molar-refractivity contribution in [1.29, 1.82) is 0 Å². The number of unbranched alkanes of at least 4 members (excludes halogenated alkanes) is 1. The number of carbonyl (C=O) groups excluding carboxylic acids is 2. The molecule has 2 aromatic carbocycles. The van der Waals surface area contributed by atoms with Crippen LogP contribution in [0.5, 0.6) is 5.75 Å². The lowest BCUT2D eigenvalue weighted by Gasteiger charge is -2.29.